The Bertz CT molecular complexity index is 5740. The Morgan fingerprint density at radius 3 is 1.92 bits per heavy atom. The Morgan fingerprint density at radius 2 is 1.13 bits per heavy atom. The third-order valence-corrected chi connectivity index (χ3v) is 16.8. The van der Waals surface area contributed by atoms with Gasteiger partial charge in [-0.3, -0.25) is 4.57 Å². The first-order valence-electron chi connectivity index (χ1n) is 34.5. The second kappa shape index (κ2) is 20.7. The smallest absolute Gasteiger partial charge is 0.268 e. The van der Waals surface area contributed by atoms with Crippen molar-refractivity contribution in [2.75, 3.05) is 0 Å². The van der Waals surface area contributed by atoms with Crippen LogP contribution < -0.4 is 9.30 Å². The molecule has 11 aromatic carbocycles. The van der Waals surface area contributed by atoms with Crippen LogP contribution in [0.15, 0.2) is 229 Å². The van der Waals surface area contributed by atoms with Gasteiger partial charge in [-0.15, -0.1) is 29.7 Å². The minimum atomic E-state index is -2.84. The van der Waals surface area contributed by atoms with Crippen molar-refractivity contribution in [1.82, 2.24) is 14.1 Å². The van der Waals surface area contributed by atoms with Crippen LogP contribution in [0, 0.1) is 45.9 Å². The van der Waals surface area contributed by atoms with Gasteiger partial charge >= 0.3 is 0 Å². The summed E-state index contributed by atoms with van der Waals surface area (Å²) in [6, 6.07) is 74.4. The first-order valence-corrected chi connectivity index (χ1v) is 28.5. The molecule has 422 valence electrons. The van der Waals surface area contributed by atoms with Gasteiger partial charge < -0.3 is 18.3 Å². The van der Waals surface area contributed by atoms with Crippen molar-refractivity contribution in [3.8, 4) is 95.5 Å². The third-order valence-electron chi connectivity index (χ3n) is 16.8. The molecule has 16 rings (SSSR count). The summed E-state index contributed by atoms with van der Waals surface area (Å²) in [5, 5.41) is 3.82. The van der Waals surface area contributed by atoms with Gasteiger partial charge in [-0.2, -0.15) is 18.2 Å². The minimum absolute atomic E-state index is 0. The van der Waals surface area contributed by atoms with Crippen molar-refractivity contribution in [3.63, 3.8) is 0 Å². The van der Waals surface area contributed by atoms with Crippen LogP contribution in [0.2, 0.25) is 0 Å². The van der Waals surface area contributed by atoms with E-state index in [0.717, 1.165) is 71.8 Å². The number of rotatable bonds is 7. The average molecular weight is 1310 g/mol. The summed E-state index contributed by atoms with van der Waals surface area (Å²) in [5.74, 6) is 1.48. The molecule has 4 aromatic heterocycles. The molecule has 0 saturated heterocycles. The van der Waals surface area contributed by atoms with E-state index in [9.17, 15) is 0 Å². The number of pyridine rings is 1. The summed E-state index contributed by atoms with van der Waals surface area (Å²) in [4.78, 5) is 4.89. The number of nitrogens with zero attached hydrogens (tertiary/aromatic N) is 4. The zero-order chi connectivity index (χ0) is 68.1. The summed E-state index contributed by atoms with van der Waals surface area (Å²) in [5.41, 5.74) is 11.3. The number of hydrogen-bond acceptors (Lipinski definition) is 3. The summed E-state index contributed by atoms with van der Waals surface area (Å²) in [6.07, 6.45) is 5.61. The van der Waals surface area contributed by atoms with Crippen LogP contribution in [-0.2, 0) is 26.5 Å². The zero-order valence-electron chi connectivity index (χ0n) is 59.3. The van der Waals surface area contributed by atoms with Gasteiger partial charge in [0, 0.05) is 71.5 Å². The normalized spacial score (nSPS) is 14.6. The van der Waals surface area contributed by atoms with Crippen molar-refractivity contribution < 1.29 is 51.2 Å². The maximum Gasteiger partial charge on any atom is 0.268 e. The van der Waals surface area contributed by atoms with E-state index in [2.05, 4.69) is 80.2 Å². The van der Waals surface area contributed by atoms with Gasteiger partial charge in [0.05, 0.1) is 16.7 Å². The second-order valence-electron chi connectivity index (χ2n) is 23.0. The van der Waals surface area contributed by atoms with E-state index in [0.29, 0.717) is 61.7 Å². The number of furan rings is 1. The van der Waals surface area contributed by atoms with Crippen molar-refractivity contribution in [2.45, 2.75) is 53.6 Å². The molecule has 0 spiro atoms. The van der Waals surface area contributed by atoms with Crippen LogP contribution in [0.1, 0.15) is 65.0 Å². The van der Waals surface area contributed by atoms with Crippen molar-refractivity contribution in [2.24, 2.45) is 0 Å². The van der Waals surface area contributed by atoms with E-state index < -0.39 is 27.4 Å². The topological polar surface area (TPSA) is 49.0 Å². The maximum absolute atomic E-state index is 9.08. The monoisotopic (exact) mass is 1310 g/mol. The van der Waals surface area contributed by atoms with Gasteiger partial charge in [0.25, 0.3) is 6.33 Å². The Labute approximate surface area is 537 Å². The van der Waals surface area contributed by atoms with E-state index in [4.69, 9.17) is 30.6 Å². The molecule has 0 bridgehead atoms. The molecule has 87 heavy (non-hydrogen) atoms. The average Bonchev–Trinajstić information content (AvgIpc) is 1.20. The van der Waals surface area contributed by atoms with E-state index in [1.165, 1.54) is 36.4 Å². The number of imidazole rings is 1. The fourth-order valence-electron chi connectivity index (χ4n) is 12.8. The molecule has 0 radical (unpaired) electrons. The number of fused-ring (bicyclic) bond motifs is 13. The number of ether oxygens (including phenoxy) is 1. The molecule has 7 heteroatoms. The number of para-hydroxylation sites is 3. The van der Waals surface area contributed by atoms with Gasteiger partial charge in [-0.1, -0.05) is 166 Å². The van der Waals surface area contributed by atoms with Gasteiger partial charge in [0.2, 0.25) is 0 Å². The molecule has 1 aliphatic heterocycles. The number of hydrogen-bond donors (Lipinski definition) is 0. The first-order chi connectivity index (χ1) is 46.8. The predicted octanol–water partition coefficient (Wildman–Crippen LogP) is 20.3. The molecule has 0 atom stereocenters. The van der Waals surface area contributed by atoms with E-state index >= 15 is 0 Å². The van der Waals surface area contributed by atoms with Crippen molar-refractivity contribution in [3.05, 3.63) is 271 Å². The molecule has 0 saturated carbocycles. The van der Waals surface area contributed by atoms with Crippen molar-refractivity contribution >= 4 is 54.8 Å². The second-order valence-corrected chi connectivity index (χ2v) is 23.0. The number of benzene rings is 11. The standard InChI is InChI=1S/C80H58N4O2.Pt/c1-48-18-14-19-49(2)76(48)53-32-35-61-59-24-8-9-25-60(59)69-42-54(52-33-37-74-68(40-52)64-27-11-13-31-73(64)86-74)43-72-79(69)83(78-65(67(61)41-53)28-17-29-66(78)77-50(3)20-15-21-51(77)4)47-82(72)56-22-16-23-57(45-56)85-58-34-36-63-62-26-10-12-30-70(62)84(71(63)46-58)75-44-55(38-39-81-75)80(5,6)7;/h8-44H,1-7H3;/q-2;/i1D3,2D3,3D3,4D3;. The summed E-state index contributed by atoms with van der Waals surface area (Å²) in [7, 11) is 0. The maximum atomic E-state index is 9.08. The molecule has 1 aliphatic rings. The molecule has 0 N–H and O–H groups in total. The molecular formula is C80H58N4O2Pt-2. The first kappa shape index (κ1) is 42.0. The fraction of sp³-hybridized carbons (Fsp3) is 0.100. The SMILES string of the molecule is [2H]C([2H])([2H])c1cccc(C([2H])([2H])[2H])c1-c1ccc2c(c1)-c1cccc(-c3c(C([2H])([2H])[2H])cccc3C([2H])([2H])[2H])c1-[n+]1[c-]n(-c3[c-]c(Oc4[c-]c5c(cc4)c4ccccc4n5-c4cc(C(C)(C)C)ccn4)ccc3)c3cc(-c4ccc5oc6ccccc6c5c4)cc(c31)-c1ccccc1-2.[Pt]. The van der Waals surface area contributed by atoms with Crippen LogP contribution >= 0.6 is 0 Å². The molecule has 15 aromatic rings. The Balaban J connectivity index is 0.00000798. The van der Waals surface area contributed by atoms with E-state index in [1.54, 1.807) is 24.3 Å². The number of aromatic nitrogens is 4. The molecule has 0 fully saturated rings. The van der Waals surface area contributed by atoms with Crippen LogP contribution in [0.3, 0.4) is 0 Å². The summed E-state index contributed by atoms with van der Waals surface area (Å²) in [6.45, 7) is -4.66. The van der Waals surface area contributed by atoms with E-state index in [-0.39, 0.29) is 71.0 Å². The molecule has 0 amide bonds. The molecule has 0 unspecified atom stereocenters. The summed E-state index contributed by atoms with van der Waals surface area (Å²) < 4.78 is 126. The quantitative estimate of drug-likeness (QED) is 0.118. The summed E-state index contributed by atoms with van der Waals surface area (Å²) >= 11 is 0. The van der Waals surface area contributed by atoms with Gasteiger partial charge in [0.1, 0.15) is 17.0 Å². The largest absolute Gasteiger partial charge is 0.510 e. The third kappa shape index (κ3) is 8.79. The van der Waals surface area contributed by atoms with E-state index in [1.807, 2.05) is 137 Å². The zero-order valence-corrected chi connectivity index (χ0v) is 49.6. The van der Waals surface area contributed by atoms with Crippen LogP contribution in [0.4, 0.5) is 0 Å². The van der Waals surface area contributed by atoms with Gasteiger partial charge in [0.15, 0.2) is 0 Å². The Kier molecular flexibility index (Phi) is 9.99. The molecular weight excluding hydrogens is 1240 g/mol. The van der Waals surface area contributed by atoms with Gasteiger partial charge in [-0.05, 0) is 187 Å². The van der Waals surface area contributed by atoms with Crippen LogP contribution in [-0.4, -0.2) is 14.1 Å². The van der Waals surface area contributed by atoms with Crippen LogP contribution in [0.5, 0.6) is 11.5 Å². The molecule has 0 aliphatic carbocycles. The predicted molar refractivity (Wildman–Crippen MR) is 351 cm³/mol. The minimum Gasteiger partial charge on any atom is -0.510 e. The van der Waals surface area contributed by atoms with Crippen LogP contribution in [0.25, 0.3) is 139 Å². The van der Waals surface area contributed by atoms with Gasteiger partial charge in [-0.25, -0.2) is 4.98 Å². The molecule has 6 nitrogen and oxygen atoms in total. The fourth-order valence-corrected chi connectivity index (χ4v) is 12.8. The molecule has 5 heterocycles. The number of aryl methyl sites for hydroxylation is 4. The Hall–Kier alpha value is -9.87. The van der Waals surface area contributed by atoms with Crippen molar-refractivity contribution in [1.29, 1.82) is 0 Å². The Morgan fingerprint density at radius 1 is 0.483 bits per heavy atom.